The molecule has 0 spiro atoms. The van der Waals surface area contributed by atoms with Crippen LogP contribution in [-0.4, -0.2) is 30.4 Å². The Bertz CT molecular complexity index is 960. The van der Waals surface area contributed by atoms with E-state index in [9.17, 15) is 4.79 Å². The molecule has 0 radical (unpaired) electrons. The molecule has 4 heteroatoms. The van der Waals surface area contributed by atoms with Crippen molar-refractivity contribution in [2.45, 2.75) is 116 Å². The van der Waals surface area contributed by atoms with Crippen LogP contribution >= 0.6 is 0 Å². The molecule has 1 N–H and O–H groups in total. The van der Waals surface area contributed by atoms with Crippen LogP contribution in [-0.2, 0) is 25.7 Å². The van der Waals surface area contributed by atoms with E-state index >= 15 is 0 Å². The fourth-order valence-corrected chi connectivity index (χ4v) is 5.34. The highest BCUT2D eigenvalue weighted by Gasteiger charge is 2.45. The third-order valence-electron chi connectivity index (χ3n) is 7.43. The molecule has 2 aromatic carbocycles. The van der Waals surface area contributed by atoms with Crippen LogP contribution in [0.25, 0.3) is 0 Å². The highest BCUT2D eigenvalue weighted by Crippen LogP contribution is 2.43. The predicted molar refractivity (Wildman–Crippen MR) is 149 cm³/mol. The van der Waals surface area contributed by atoms with Gasteiger partial charge in [0.05, 0.1) is 0 Å². The first-order chi connectivity index (χ1) is 16.6. The van der Waals surface area contributed by atoms with Crippen molar-refractivity contribution in [2.24, 2.45) is 0 Å². The lowest BCUT2D eigenvalue weighted by Gasteiger charge is -2.40. The van der Waals surface area contributed by atoms with Gasteiger partial charge in [0, 0.05) is 24.4 Å². The maximum atomic E-state index is 12.4. The van der Waals surface area contributed by atoms with Gasteiger partial charge in [-0.15, -0.1) is 0 Å². The standard InChI is InChI=1S/C32H47NO3/c1-11-32(24-16-12-22(13-17-24)29(2,3)4,25-18-14-23(15-19-25)30(5,6)7)27-20-26(21-33-27)35-28(34)36-31(8,9)10/h12-19,26-27,33H,11,20-21H2,1-10H3/t26-,27?/m1/s1. The number of hydrogen-bond donors (Lipinski definition) is 1. The van der Waals surface area contributed by atoms with E-state index < -0.39 is 11.8 Å². The van der Waals surface area contributed by atoms with Gasteiger partial charge in [-0.3, -0.25) is 0 Å². The van der Waals surface area contributed by atoms with Crippen molar-refractivity contribution < 1.29 is 14.3 Å². The molecule has 1 fully saturated rings. The minimum Gasteiger partial charge on any atom is -0.430 e. The summed E-state index contributed by atoms with van der Waals surface area (Å²) in [6.45, 7) is 21.9. The Kier molecular flexibility index (Phi) is 8.01. The largest absolute Gasteiger partial charge is 0.509 e. The molecular weight excluding hydrogens is 446 g/mol. The van der Waals surface area contributed by atoms with E-state index in [-0.39, 0.29) is 28.4 Å². The van der Waals surface area contributed by atoms with Crippen LogP contribution in [0.2, 0.25) is 0 Å². The van der Waals surface area contributed by atoms with Crippen molar-refractivity contribution in [3.05, 3.63) is 70.8 Å². The zero-order valence-corrected chi connectivity index (χ0v) is 24.1. The summed E-state index contributed by atoms with van der Waals surface area (Å²) >= 11 is 0. The van der Waals surface area contributed by atoms with E-state index in [0.29, 0.717) is 6.54 Å². The molecule has 0 aromatic heterocycles. The molecule has 1 aliphatic rings. The molecule has 0 aliphatic carbocycles. The molecule has 1 unspecified atom stereocenters. The SMILES string of the molecule is CCC(c1ccc(C(C)(C)C)cc1)(c1ccc(C(C)(C)C)cc1)C1C[C@@H](OC(=O)OC(C)(C)C)CN1. The third kappa shape index (κ3) is 6.32. The van der Waals surface area contributed by atoms with Gasteiger partial charge in [0.1, 0.15) is 11.7 Å². The zero-order chi connectivity index (χ0) is 26.9. The Morgan fingerprint density at radius 3 is 1.56 bits per heavy atom. The van der Waals surface area contributed by atoms with Crippen molar-refractivity contribution in [1.29, 1.82) is 0 Å². The second-order valence-corrected chi connectivity index (χ2v) is 13.4. The summed E-state index contributed by atoms with van der Waals surface area (Å²) in [6, 6.07) is 18.4. The summed E-state index contributed by atoms with van der Waals surface area (Å²) in [5, 5.41) is 3.72. The molecule has 3 rings (SSSR count). The second-order valence-electron chi connectivity index (χ2n) is 13.4. The summed E-state index contributed by atoms with van der Waals surface area (Å²) in [5.41, 5.74) is 4.60. The van der Waals surface area contributed by atoms with E-state index in [1.165, 1.54) is 22.3 Å². The first-order valence-electron chi connectivity index (χ1n) is 13.4. The van der Waals surface area contributed by atoms with Crippen LogP contribution in [0.3, 0.4) is 0 Å². The van der Waals surface area contributed by atoms with Crippen molar-refractivity contribution in [2.75, 3.05) is 6.54 Å². The quantitative estimate of drug-likeness (QED) is 0.434. The van der Waals surface area contributed by atoms with Crippen LogP contribution in [0.15, 0.2) is 48.5 Å². The number of benzene rings is 2. The Balaban J connectivity index is 2.00. The lowest BCUT2D eigenvalue weighted by molar-refractivity contribution is -0.0235. The topological polar surface area (TPSA) is 47.6 Å². The average molecular weight is 494 g/mol. The van der Waals surface area contributed by atoms with Gasteiger partial charge in [-0.2, -0.15) is 0 Å². The first kappa shape index (κ1) is 28.2. The number of hydrogen-bond acceptors (Lipinski definition) is 4. The Hall–Kier alpha value is -2.33. The molecule has 0 amide bonds. The van der Waals surface area contributed by atoms with Crippen LogP contribution in [0.5, 0.6) is 0 Å². The van der Waals surface area contributed by atoms with E-state index in [2.05, 4.69) is 102 Å². The first-order valence-corrected chi connectivity index (χ1v) is 13.4. The van der Waals surface area contributed by atoms with Crippen LogP contribution in [0.4, 0.5) is 4.79 Å². The average Bonchev–Trinajstić information content (AvgIpc) is 3.21. The van der Waals surface area contributed by atoms with E-state index in [1.807, 2.05) is 20.8 Å². The minimum absolute atomic E-state index is 0.0969. The van der Waals surface area contributed by atoms with Crippen LogP contribution in [0.1, 0.15) is 104 Å². The maximum Gasteiger partial charge on any atom is 0.509 e. The molecule has 2 aromatic rings. The van der Waals surface area contributed by atoms with Gasteiger partial charge < -0.3 is 14.8 Å². The molecule has 4 nitrogen and oxygen atoms in total. The molecule has 198 valence electrons. The lowest BCUT2D eigenvalue weighted by Crippen LogP contribution is -2.46. The smallest absolute Gasteiger partial charge is 0.430 e. The highest BCUT2D eigenvalue weighted by atomic mass is 16.7. The number of nitrogens with one attached hydrogen (secondary N) is 1. The Morgan fingerprint density at radius 1 is 0.778 bits per heavy atom. The number of carbonyl (C=O) groups excluding carboxylic acids is 1. The van der Waals surface area contributed by atoms with Crippen molar-refractivity contribution in [1.82, 2.24) is 5.32 Å². The third-order valence-corrected chi connectivity index (χ3v) is 7.43. The fourth-order valence-electron chi connectivity index (χ4n) is 5.34. The van der Waals surface area contributed by atoms with E-state index in [4.69, 9.17) is 9.47 Å². The summed E-state index contributed by atoms with van der Waals surface area (Å²) in [5.74, 6) is 0. The normalized spacial score (nSPS) is 19.3. The van der Waals surface area contributed by atoms with Gasteiger partial charge in [-0.05, 0) is 60.3 Å². The summed E-state index contributed by atoms with van der Waals surface area (Å²) in [4.78, 5) is 12.4. The number of ether oxygens (including phenoxy) is 2. The van der Waals surface area contributed by atoms with Gasteiger partial charge in [-0.1, -0.05) is 97.0 Å². The van der Waals surface area contributed by atoms with Crippen molar-refractivity contribution in [3.63, 3.8) is 0 Å². The second kappa shape index (κ2) is 10.2. The Labute approximate surface area is 219 Å². The summed E-state index contributed by atoms with van der Waals surface area (Å²) in [7, 11) is 0. The molecule has 0 saturated carbocycles. The monoisotopic (exact) mass is 493 g/mol. The minimum atomic E-state index is -0.596. The van der Waals surface area contributed by atoms with E-state index in [1.54, 1.807) is 0 Å². The summed E-state index contributed by atoms with van der Waals surface area (Å²) in [6.07, 6.45) is 0.836. The summed E-state index contributed by atoms with van der Waals surface area (Å²) < 4.78 is 11.2. The maximum absolute atomic E-state index is 12.4. The van der Waals surface area contributed by atoms with Gasteiger partial charge in [0.15, 0.2) is 0 Å². The highest BCUT2D eigenvalue weighted by molar-refractivity contribution is 5.61. The van der Waals surface area contributed by atoms with Crippen molar-refractivity contribution in [3.8, 4) is 0 Å². The molecule has 1 heterocycles. The van der Waals surface area contributed by atoms with Gasteiger partial charge >= 0.3 is 6.16 Å². The van der Waals surface area contributed by atoms with Gasteiger partial charge in [-0.25, -0.2) is 4.79 Å². The molecule has 1 saturated heterocycles. The number of rotatable bonds is 5. The van der Waals surface area contributed by atoms with Crippen LogP contribution < -0.4 is 5.32 Å². The molecular formula is C32H47NO3. The molecule has 2 atom stereocenters. The lowest BCUT2D eigenvalue weighted by atomic mass is 9.66. The van der Waals surface area contributed by atoms with Gasteiger partial charge in [0.2, 0.25) is 0 Å². The molecule has 36 heavy (non-hydrogen) atoms. The molecule has 1 aliphatic heterocycles. The van der Waals surface area contributed by atoms with Crippen molar-refractivity contribution >= 4 is 6.16 Å². The van der Waals surface area contributed by atoms with E-state index in [0.717, 1.165) is 12.8 Å². The molecule has 0 bridgehead atoms. The fraction of sp³-hybridized carbons (Fsp3) is 0.594. The predicted octanol–water partition coefficient (Wildman–Crippen LogP) is 7.66. The van der Waals surface area contributed by atoms with Crippen LogP contribution in [0, 0.1) is 0 Å². The zero-order valence-electron chi connectivity index (χ0n) is 24.1. The Morgan fingerprint density at radius 2 is 1.19 bits per heavy atom. The number of carbonyl (C=O) groups is 1. The van der Waals surface area contributed by atoms with Gasteiger partial charge in [0.25, 0.3) is 0 Å².